The van der Waals surface area contributed by atoms with Crippen LogP contribution in [0.1, 0.15) is 29.8 Å². The summed E-state index contributed by atoms with van der Waals surface area (Å²) in [5.74, 6) is -1.20. The van der Waals surface area contributed by atoms with Gasteiger partial charge in [0.25, 0.3) is 5.91 Å². The van der Waals surface area contributed by atoms with Crippen LogP contribution in [0.2, 0.25) is 0 Å². The Morgan fingerprint density at radius 1 is 1.10 bits per heavy atom. The van der Waals surface area contributed by atoms with Crippen LogP contribution in [0.25, 0.3) is 22.2 Å². The number of carbonyl (C=O) groups is 1. The Hall–Kier alpha value is -4.09. The second-order valence-electron chi connectivity index (χ2n) is 10.3. The number of carbonyl (C=O) groups excluding carboxylic acids is 1. The first-order valence-corrected chi connectivity index (χ1v) is 13.2. The maximum absolute atomic E-state index is 15.0. The van der Waals surface area contributed by atoms with Crippen molar-refractivity contribution in [2.75, 3.05) is 50.6 Å². The molecule has 4 aromatic rings. The minimum Gasteiger partial charge on any atom is -0.496 e. The monoisotopic (exact) mass is 549 g/mol. The van der Waals surface area contributed by atoms with Crippen LogP contribution >= 0.6 is 0 Å². The summed E-state index contributed by atoms with van der Waals surface area (Å²) in [6.07, 6.45) is 1.44. The zero-order valence-corrected chi connectivity index (χ0v) is 23.0. The molecule has 9 nitrogen and oxygen atoms in total. The maximum Gasteiger partial charge on any atom is 0.260 e. The molecule has 1 aliphatic heterocycles. The van der Waals surface area contributed by atoms with Gasteiger partial charge in [-0.2, -0.15) is 5.10 Å². The molecule has 0 spiro atoms. The summed E-state index contributed by atoms with van der Waals surface area (Å²) in [7, 11) is 3.62. The summed E-state index contributed by atoms with van der Waals surface area (Å²) in [6.45, 7) is 7.96. The van der Waals surface area contributed by atoms with Gasteiger partial charge >= 0.3 is 0 Å². The van der Waals surface area contributed by atoms with Gasteiger partial charge in [0, 0.05) is 55.9 Å². The minimum absolute atomic E-state index is 0.0943. The number of halogens is 2. The zero-order valence-electron chi connectivity index (χ0n) is 23.0. The normalized spacial score (nSPS) is 14.2. The van der Waals surface area contributed by atoms with Gasteiger partial charge in [0.2, 0.25) is 0 Å². The second kappa shape index (κ2) is 11.6. The molecule has 1 aliphatic rings. The van der Waals surface area contributed by atoms with Crippen molar-refractivity contribution in [1.29, 1.82) is 0 Å². The largest absolute Gasteiger partial charge is 0.496 e. The van der Waals surface area contributed by atoms with Gasteiger partial charge in [-0.15, -0.1) is 0 Å². The average Bonchev–Trinajstić information content (AvgIpc) is 3.33. The molecule has 2 aromatic carbocycles. The number of fused-ring (bicyclic) bond motifs is 1. The number of aromatic nitrogens is 3. The lowest BCUT2D eigenvalue weighted by Crippen LogP contribution is -2.44. The summed E-state index contributed by atoms with van der Waals surface area (Å²) in [5.41, 5.74) is 2.19. The fourth-order valence-electron chi connectivity index (χ4n) is 4.75. The quantitative estimate of drug-likeness (QED) is 0.299. The highest BCUT2D eigenvalue weighted by atomic mass is 19.1. The Kier molecular flexibility index (Phi) is 7.95. The predicted octanol–water partition coefficient (Wildman–Crippen LogP) is 4.41. The number of piperazine rings is 1. The van der Waals surface area contributed by atoms with Crippen molar-refractivity contribution in [2.45, 2.75) is 26.4 Å². The van der Waals surface area contributed by atoms with Crippen molar-refractivity contribution in [2.24, 2.45) is 0 Å². The van der Waals surface area contributed by atoms with Crippen molar-refractivity contribution < 1.29 is 18.3 Å². The van der Waals surface area contributed by atoms with E-state index in [2.05, 4.69) is 42.7 Å². The summed E-state index contributed by atoms with van der Waals surface area (Å²) >= 11 is 0. The van der Waals surface area contributed by atoms with E-state index in [1.54, 1.807) is 6.07 Å². The Morgan fingerprint density at radius 2 is 1.82 bits per heavy atom. The number of pyridine rings is 1. The topological polar surface area (TPSA) is 98.4 Å². The molecule has 0 aliphatic carbocycles. The lowest BCUT2D eigenvalue weighted by Gasteiger charge is -2.34. The molecule has 11 heteroatoms. The molecular formula is C29H33F2N7O2. The van der Waals surface area contributed by atoms with E-state index >= 15 is 8.78 Å². The molecule has 1 amide bonds. The van der Waals surface area contributed by atoms with E-state index in [-0.39, 0.29) is 23.1 Å². The van der Waals surface area contributed by atoms with E-state index < -0.39 is 17.5 Å². The van der Waals surface area contributed by atoms with Crippen molar-refractivity contribution in [3.8, 4) is 17.0 Å². The number of aromatic amines is 1. The Balaban J connectivity index is 1.39. The predicted molar refractivity (Wildman–Crippen MR) is 152 cm³/mol. The van der Waals surface area contributed by atoms with Crippen LogP contribution in [0.15, 0.2) is 42.6 Å². The third-order valence-corrected chi connectivity index (χ3v) is 7.05. The minimum atomic E-state index is -0.716. The second-order valence-corrected chi connectivity index (χ2v) is 10.3. The molecule has 1 saturated heterocycles. The van der Waals surface area contributed by atoms with E-state index in [9.17, 15) is 4.79 Å². The van der Waals surface area contributed by atoms with Crippen LogP contribution in [0, 0.1) is 11.6 Å². The molecule has 0 unspecified atom stereocenters. The molecule has 0 saturated carbocycles. The van der Waals surface area contributed by atoms with Crippen LogP contribution in [-0.2, 0) is 6.54 Å². The number of nitrogens with one attached hydrogen (secondary N) is 3. The van der Waals surface area contributed by atoms with Gasteiger partial charge in [0.15, 0.2) is 5.82 Å². The first-order chi connectivity index (χ1) is 19.2. The standard InChI is InChI=1S/C29H33F2N7O2/c1-17(2)32-15-18-11-22(30)27(23(31)12-18)24-14-21-25(16-33-24)35-36-28(21)34-29(39)20-6-5-19(13-26(20)40-4)38-9-7-37(3)8-10-38/h5-6,11-14,16-17,32H,7-10,15H2,1-4H3,(H2,34,35,36,39). The Labute approximate surface area is 231 Å². The summed E-state index contributed by atoms with van der Waals surface area (Å²) < 4.78 is 35.6. The van der Waals surface area contributed by atoms with E-state index in [0.717, 1.165) is 31.9 Å². The van der Waals surface area contributed by atoms with Gasteiger partial charge in [-0.1, -0.05) is 13.8 Å². The number of hydrogen-bond donors (Lipinski definition) is 3. The van der Waals surface area contributed by atoms with Gasteiger partial charge < -0.3 is 25.2 Å². The molecule has 2 aromatic heterocycles. The van der Waals surface area contributed by atoms with Gasteiger partial charge in [-0.25, -0.2) is 8.78 Å². The van der Waals surface area contributed by atoms with Crippen LogP contribution < -0.4 is 20.3 Å². The molecule has 1 fully saturated rings. The average molecular weight is 550 g/mol. The number of hydrogen-bond acceptors (Lipinski definition) is 7. The highest BCUT2D eigenvalue weighted by Crippen LogP contribution is 2.31. The summed E-state index contributed by atoms with van der Waals surface area (Å²) in [5, 5.41) is 13.4. The van der Waals surface area contributed by atoms with Crippen LogP contribution in [-0.4, -0.2) is 72.4 Å². The number of rotatable bonds is 8. The number of amides is 1. The van der Waals surface area contributed by atoms with Gasteiger partial charge in [-0.3, -0.25) is 14.9 Å². The molecule has 5 rings (SSSR count). The van der Waals surface area contributed by atoms with Gasteiger partial charge in [0.1, 0.15) is 17.4 Å². The van der Waals surface area contributed by atoms with Crippen molar-refractivity contribution >= 4 is 28.3 Å². The number of H-pyrrole nitrogens is 1. The third-order valence-electron chi connectivity index (χ3n) is 7.05. The highest BCUT2D eigenvalue weighted by molar-refractivity contribution is 6.09. The van der Waals surface area contributed by atoms with Crippen molar-refractivity contribution in [3.05, 3.63) is 65.4 Å². The molecular weight excluding hydrogens is 516 g/mol. The summed E-state index contributed by atoms with van der Waals surface area (Å²) in [6, 6.07) is 9.78. The van der Waals surface area contributed by atoms with Crippen LogP contribution in [0.5, 0.6) is 5.75 Å². The fraction of sp³-hybridized carbons (Fsp3) is 0.345. The molecule has 0 radical (unpaired) electrons. The molecule has 0 atom stereocenters. The zero-order chi connectivity index (χ0) is 28.4. The number of anilines is 2. The maximum atomic E-state index is 15.0. The Bertz CT molecular complexity index is 1510. The van der Waals surface area contributed by atoms with Crippen molar-refractivity contribution in [3.63, 3.8) is 0 Å². The van der Waals surface area contributed by atoms with E-state index in [1.165, 1.54) is 31.5 Å². The molecule has 0 bridgehead atoms. The van der Waals surface area contributed by atoms with Gasteiger partial charge in [-0.05, 0) is 42.9 Å². The van der Waals surface area contributed by atoms with Crippen LogP contribution in [0.3, 0.4) is 0 Å². The number of benzene rings is 2. The van der Waals surface area contributed by atoms with E-state index in [1.807, 2.05) is 26.0 Å². The number of ether oxygens (including phenoxy) is 1. The molecule has 210 valence electrons. The SMILES string of the molecule is COc1cc(N2CCN(C)CC2)ccc1C(=O)Nc1n[nH]c2cnc(-c3c(F)cc(CNC(C)C)cc3F)cc12. The first kappa shape index (κ1) is 27.5. The molecule has 40 heavy (non-hydrogen) atoms. The molecule has 3 N–H and O–H groups in total. The number of nitrogens with zero attached hydrogens (tertiary/aromatic N) is 4. The number of methoxy groups -OCH3 is 1. The first-order valence-electron chi connectivity index (χ1n) is 13.2. The Morgan fingerprint density at radius 3 is 2.50 bits per heavy atom. The summed E-state index contributed by atoms with van der Waals surface area (Å²) in [4.78, 5) is 22.0. The van der Waals surface area contributed by atoms with Crippen molar-refractivity contribution in [1.82, 2.24) is 25.4 Å². The van der Waals surface area contributed by atoms with Gasteiger partial charge in [0.05, 0.1) is 35.6 Å². The fourth-order valence-corrected chi connectivity index (χ4v) is 4.75. The number of likely N-dealkylation sites (N-methyl/N-ethyl adjacent to an activating group) is 1. The third kappa shape index (κ3) is 5.75. The van der Waals surface area contributed by atoms with Crippen LogP contribution in [0.4, 0.5) is 20.3 Å². The smallest absolute Gasteiger partial charge is 0.260 e. The van der Waals surface area contributed by atoms with E-state index in [4.69, 9.17) is 4.74 Å². The van der Waals surface area contributed by atoms with E-state index in [0.29, 0.717) is 34.3 Å². The molecule has 3 heterocycles. The highest BCUT2D eigenvalue weighted by Gasteiger charge is 2.21. The lowest BCUT2D eigenvalue weighted by molar-refractivity contribution is 0.102. The lowest BCUT2D eigenvalue weighted by atomic mass is 10.1.